The van der Waals surface area contributed by atoms with E-state index >= 15 is 0 Å². The van der Waals surface area contributed by atoms with Gasteiger partial charge in [-0.1, -0.05) is 12.8 Å². The highest BCUT2D eigenvalue weighted by atomic mass is 32.1. The number of carbonyl (C=O) groups is 1. The van der Waals surface area contributed by atoms with Gasteiger partial charge in [0.1, 0.15) is 22.0 Å². The van der Waals surface area contributed by atoms with Crippen molar-refractivity contribution in [3.05, 3.63) is 29.4 Å². The highest BCUT2D eigenvalue weighted by Crippen LogP contribution is 2.23. The van der Waals surface area contributed by atoms with Crippen LogP contribution in [0.25, 0.3) is 21.9 Å². The number of pyridine rings is 1. The molecule has 0 spiro atoms. The summed E-state index contributed by atoms with van der Waals surface area (Å²) in [5.74, 6) is 0.390. The Hall–Kier alpha value is -2.45. The van der Waals surface area contributed by atoms with E-state index in [1.54, 1.807) is 12.3 Å². The zero-order chi connectivity index (χ0) is 17.9. The highest BCUT2D eigenvalue weighted by molar-refractivity contribution is 7.13. The van der Waals surface area contributed by atoms with Crippen LogP contribution < -0.4 is 10.6 Å². The lowest BCUT2D eigenvalue weighted by Gasteiger charge is -2.11. The SMILES string of the molecule is Cc1csc(-c2cnc3ccc(NC(=O)CNC4CCCC4)nc3n2)n1. The van der Waals surface area contributed by atoms with Crippen LogP contribution in [0.3, 0.4) is 0 Å². The molecule has 0 radical (unpaired) electrons. The maximum atomic E-state index is 12.1. The van der Waals surface area contributed by atoms with Gasteiger partial charge < -0.3 is 10.6 Å². The Bertz CT molecular complexity index is 934. The van der Waals surface area contributed by atoms with Crippen molar-refractivity contribution in [2.45, 2.75) is 38.6 Å². The molecule has 3 aromatic heterocycles. The minimum atomic E-state index is -0.0941. The highest BCUT2D eigenvalue weighted by Gasteiger charge is 2.15. The van der Waals surface area contributed by atoms with Crippen LogP contribution in [0.15, 0.2) is 23.7 Å². The molecule has 0 aromatic carbocycles. The van der Waals surface area contributed by atoms with Gasteiger partial charge in [-0.05, 0) is 31.9 Å². The quantitative estimate of drug-likeness (QED) is 0.719. The van der Waals surface area contributed by atoms with Crippen LogP contribution in [-0.2, 0) is 4.79 Å². The first-order valence-corrected chi connectivity index (χ1v) is 9.65. The Labute approximate surface area is 155 Å². The third kappa shape index (κ3) is 3.86. The molecule has 4 rings (SSSR count). The molecule has 7 nitrogen and oxygen atoms in total. The molecule has 1 aliphatic carbocycles. The number of hydrogen-bond acceptors (Lipinski definition) is 7. The monoisotopic (exact) mass is 368 g/mol. The van der Waals surface area contributed by atoms with Crippen LogP contribution in [0.4, 0.5) is 5.82 Å². The Balaban J connectivity index is 1.47. The molecule has 0 bridgehead atoms. The number of hydrogen-bond donors (Lipinski definition) is 2. The summed E-state index contributed by atoms with van der Waals surface area (Å²) in [6.45, 7) is 2.24. The molecular formula is C18H20N6OS. The van der Waals surface area contributed by atoms with E-state index in [1.165, 1.54) is 24.2 Å². The third-order valence-corrected chi connectivity index (χ3v) is 5.40. The number of carbonyl (C=O) groups excluding carboxylic acids is 1. The largest absolute Gasteiger partial charge is 0.310 e. The van der Waals surface area contributed by atoms with E-state index in [9.17, 15) is 4.79 Å². The Morgan fingerprint density at radius 3 is 2.85 bits per heavy atom. The van der Waals surface area contributed by atoms with Crippen LogP contribution in [0.2, 0.25) is 0 Å². The molecule has 1 amide bonds. The van der Waals surface area contributed by atoms with Crippen molar-refractivity contribution in [3.8, 4) is 10.7 Å². The van der Waals surface area contributed by atoms with E-state index in [1.807, 2.05) is 18.4 Å². The van der Waals surface area contributed by atoms with E-state index < -0.39 is 0 Å². The van der Waals surface area contributed by atoms with Crippen molar-refractivity contribution >= 4 is 34.2 Å². The number of nitrogens with one attached hydrogen (secondary N) is 2. The molecule has 0 atom stereocenters. The number of fused-ring (bicyclic) bond motifs is 1. The molecule has 26 heavy (non-hydrogen) atoms. The van der Waals surface area contributed by atoms with Gasteiger partial charge in [-0.2, -0.15) is 0 Å². The molecule has 2 N–H and O–H groups in total. The standard InChI is InChI=1S/C18H20N6OS/c1-11-10-26-18(21-11)14-8-20-13-6-7-15(24-17(13)22-14)23-16(25)9-19-12-4-2-3-5-12/h6-8,10,12,19H,2-5,9H2,1H3,(H,22,23,24,25). The van der Waals surface area contributed by atoms with Crippen molar-refractivity contribution < 1.29 is 4.79 Å². The molecule has 1 fully saturated rings. The van der Waals surface area contributed by atoms with Crippen LogP contribution in [0, 0.1) is 6.92 Å². The summed E-state index contributed by atoms with van der Waals surface area (Å²) in [6.07, 6.45) is 6.48. The second-order valence-electron chi connectivity index (χ2n) is 6.50. The minimum Gasteiger partial charge on any atom is -0.310 e. The lowest BCUT2D eigenvalue weighted by Crippen LogP contribution is -2.34. The first kappa shape index (κ1) is 17.0. The average molecular weight is 368 g/mol. The van der Waals surface area contributed by atoms with Gasteiger partial charge in [0.15, 0.2) is 5.65 Å². The lowest BCUT2D eigenvalue weighted by molar-refractivity contribution is -0.115. The fourth-order valence-electron chi connectivity index (χ4n) is 3.10. The summed E-state index contributed by atoms with van der Waals surface area (Å²) in [5.41, 5.74) is 2.83. The molecule has 1 saturated carbocycles. The number of amides is 1. The smallest absolute Gasteiger partial charge is 0.239 e. The predicted molar refractivity (Wildman–Crippen MR) is 102 cm³/mol. The minimum absolute atomic E-state index is 0.0941. The molecule has 0 saturated heterocycles. The van der Waals surface area contributed by atoms with Crippen LogP contribution in [-0.4, -0.2) is 38.4 Å². The van der Waals surface area contributed by atoms with Gasteiger partial charge in [-0.25, -0.2) is 15.0 Å². The first-order chi connectivity index (χ1) is 12.7. The third-order valence-electron chi connectivity index (χ3n) is 4.42. The number of rotatable bonds is 5. The molecule has 1 aliphatic rings. The number of anilines is 1. The number of aromatic nitrogens is 4. The molecule has 0 unspecified atom stereocenters. The molecule has 8 heteroatoms. The summed E-state index contributed by atoms with van der Waals surface area (Å²) in [5, 5.41) is 8.91. The molecule has 0 aliphatic heterocycles. The maximum Gasteiger partial charge on any atom is 0.239 e. The second kappa shape index (κ2) is 7.43. The molecular weight excluding hydrogens is 348 g/mol. The number of nitrogens with zero attached hydrogens (tertiary/aromatic N) is 4. The normalized spacial score (nSPS) is 14.8. The molecule has 134 valence electrons. The molecule has 3 aromatic rings. The summed E-state index contributed by atoms with van der Waals surface area (Å²) >= 11 is 1.53. The van der Waals surface area contributed by atoms with Crippen molar-refractivity contribution in [3.63, 3.8) is 0 Å². The Kier molecular flexibility index (Phi) is 4.85. The number of thiazole rings is 1. The van der Waals surface area contributed by atoms with E-state index in [-0.39, 0.29) is 5.91 Å². The van der Waals surface area contributed by atoms with Crippen molar-refractivity contribution in [2.24, 2.45) is 0 Å². The van der Waals surface area contributed by atoms with Gasteiger partial charge in [0.2, 0.25) is 5.91 Å². The summed E-state index contributed by atoms with van der Waals surface area (Å²) in [4.78, 5) is 29.9. The summed E-state index contributed by atoms with van der Waals surface area (Å²) in [6, 6.07) is 4.02. The fraction of sp³-hybridized carbons (Fsp3) is 0.389. The van der Waals surface area contributed by atoms with Crippen LogP contribution in [0.5, 0.6) is 0 Å². The average Bonchev–Trinajstić information content (AvgIpc) is 3.31. The lowest BCUT2D eigenvalue weighted by atomic mass is 10.2. The van der Waals surface area contributed by atoms with Gasteiger partial charge in [-0.15, -0.1) is 11.3 Å². The van der Waals surface area contributed by atoms with E-state index in [0.717, 1.165) is 23.5 Å². The van der Waals surface area contributed by atoms with Gasteiger partial charge in [-0.3, -0.25) is 9.78 Å². The van der Waals surface area contributed by atoms with Gasteiger partial charge in [0.05, 0.1) is 12.7 Å². The molecule has 3 heterocycles. The summed E-state index contributed by atoms with van der Waals surface area (Å²) < 4.78 is 0. The maximum absolute atomic E-state index is 12.1. The fourth-order valence-corrected chi connectivity index (χ4v) is 3.85. The van der Waals surface area contributed by atoms with E-state index in [0.29, 0.717) is 35.3 Å². The Morgan fingerprint density at radius 1 is 1.23 bits per heavy atom. The van der Waals surface area contributed by atoms with Crippen molar-refractivity contribution in [1.29, 1.82) is 0 Å². The van der Waals surface area contributed by atoms with Crippen LogP contribution in [0.1, 0.15) is 31.4 Å². The number of aryl methyl sites for hydroxylation is 1. The van der Waals surface area contributed by atoms with Gasteiger partial charge in [0.25, 0.3) is 0 Å². The van der Waals surface area contributed by atoms with Crippen molar-refractivity contribution in [1.82, 2.24) is 25.3 Å². The zero-order valence-electron chi connectivity index (χ0n) is 14.5. The van der Waals surface area contributed by atoms with Crippen molar-refractivity contribution in [2.75, 3.05) is 11.9 Å². The first-order valence-electron chi connectivity index (χ1n) is 8.77. The summed E-state index contributed by atoms with van der Waals surface area (Å²) in [7, 11) is 0. The van der Waals surface area contributed by atoms with Crippen LogP contribution >= 0.6 is 11.3 Å². The predicted octanol–water partition coefficient (Wildman–Crippen LogP) is 2.93. The topological polar surface area (TPSA) is 92.7 Å². The van der Waals surface area contributed by atoms with E-state index in [2.05, 4.69) is 30.6 Å². The Morgan fingerprint density at radius 2 is 2.08 bits per heavy atom. The zero-order valence-corrected chi connectivity index (χ0v) is 15.3. The van der Waals surface area contributed by atoms with E-state index in [4.69, 9.17) is 0 Å². The second-order valence-corrected chi connectivity index (χ2v) is 7.36. The van der Waals surface area contributed by atoms with Gasteiger partial charge >= 0.3 is 0 Å². The van der Waals surface area contributed by atoms with Gasteiger partial charge in [0, 0.05) is 17.1 Å².